The maximum absolute atomic E-state index is 14.6. The number of allylic oxidation sites excluding steroid dienone is 2. The number of hydrogen-bond donors (Lipinski definition) is 2. The van der Waals surface area contributed by atoms with E-state index in [9.17, 15) is 19.8 Å². The number of ketones is 1. The van der Waals surface area contributed by atoms with Crippen molar-refractivity contribution >= 4 is 17.8 Å². The van der Waals surface area contributed by atoms with Gasteiger partial charge >= 0.3 is 5.97 Å². The molecule has 0 bridgehead atoms. The molecule has 0 radical (unpaired) electrons. The molecule has 1 aromatic carbocycles. The average Bonchev–Trinajstić information content (AvgIpc) is 2.90. The fraction of sp³-hybridized carbons (Fsp3) is 0.692. The van der Waals surface area contributed by atoms with Gasteiger partial charge in [-0.15, -0.1) is 0 Å². The molecule has 4 fully saturated rings. The summed E-state index contributed by atoms with van der Waals surface area (Å²) in [4.78, 5) is 27.6. The second-order valence-corrected chi connectivity index (χ2v) is 17.8. The third kappa shape index (κ3) is 4.61. The highest BCUT2D eigenvalue weighted by molar-refractivity contribution is 5.95. The molecule has 1 aromatic rings. The van der Waals surface area contributed by atoms with Crippen molar-refractivity contribution in [3.63, 3.8) is 0 Å². The maximum atomic E-state index is 14.6. The van der Waals surface area contributed by atoms with Crippen LogP contribution in [0.5, 0.6) is 11.5 Å². The van der Waals surface area contributed by atoms with Crippen molar-refractivity contribution in [1.82, 2.24) is 0 Å². The summed E-state index contributed by atoms with van der Waals surface area (Å²) in [6.07, 6.45) is 14.6. The average molecular weight is 603 g/mol. The summed E-state index contributed by atoms with van der Waals surface area (Å²) in [6, 6.07) is 4.23. The lowest BCUT2D eigenvalue weighted by Gasteiger charge is -2.70. The van der Waals surface area contributed by atoms with Crippen molar-refractivity contribution in [3.8, 4) is 11.5 Å². The first-order chi connectivity index (χ1) is 20.3. The molecule has 4 saturated carbocycles. The fourth-order valence-corrected chi connectivity index (χ4v) is 11.6. The first-order valence-corrected chi connectivity index (χ1v) is 17.0. The summed E-state index contributed by atoms with van der Waals surface area (Å²) in [6.45, 7) is 19.2. The van der Waals surface area contributed by atoms with Gasteiger partial charge < -0.3 is 14.9 Å². The number of hydrogen-bond acceptors (Lipinski definition) is 5. The van der Waals surface area contributed by atoms with E-state index in [-0.39, 0.29) is 51.1 Å². The predicted molar refractivity (Wildman–Crippen MR) is 174 cm³/mol. The molecule has 0 spiro atoms. The van der Waals surface area contributed by atoms with Gasteiger partial charge in [-0.1, -0.05) is 61.0 Å². The summed E-state index contributed by atoms with van der Waals surface area (Å²) in [7, 11) is 0. The third-order valence-corrected chi connectivity index (χ3v) is 14.3. The standard InChI is InChI=1S/C39H54O5/c1-34(2)15-16-36(5)17-18-38(7)27(28(36)23-34)22-29(42)33-37(6)13-12-31(35(3,4)30(37)11-14-39(33,38)8)44-32(43)10-9-24-19-25(40)21-26(41)20-24/h9-10,19-22,28,30-31,33,40-41H,11-18,23H2,1-8H3/t28-,30-,31-,33+,36+,37-,38+,39+/m0/s1. The number of fused-ring (bicyclic) bond motifs is 7. The Morgan fingerprint density at radius 2 is 1.52 bits per heavy atom. The third-order valence-electron chi connectivity index (χ3n) is 14.3. The minimum Gasteiger partial charge on any atom is -0.508 e. The predicted octanol–water partition coefficient (Wildman–Crippen LogP) is 9.02. The first-order valence-electron chi connectivity index (χ1n) is 17.0. The Hall–Kier alpha value is -2.56. The Kier molecular flexibility index (Phi) is 7.12. The zero-order valence-corrected chi connectivity index (χ0v) is 28.3. The minimum absolute atomic E-state index is 0.0235. The van der Waals surface area contributed by atoms with Crippen LogP contribution in [0.2, 0.25) is 0 Å². The molecule has 5 aliphatic carbocycles. The molecule has 0 heterocycles. The van der Waals surface area contributed by atoms with Crippen molar-refractivity contribution in [1.29, 1.82) is 0 Å². The SMILES string of the molecule is CC1(C)CC[C@]2(C)CC[C@]3(C)C(=CC(=O)[C@@H]4[C@@]5(C)CC[C@H](OC(=O)C=Cc6cc(O)cc(O)c6)C(C)(C)[C@@H]5CC[C@]43C)[C@@H]2C1. The van der Waals surface area contributed by atoms with Crippen LogP contribution < -0.4 is 0 Å². The Bertz CT molecular complexity index is 1410. The molecule has 2 N–H and O–H groups in total. The van der Waals surface area contributed by atoms with Crippen LogP contribution in [0.25, 0.3) is 6.08 Å². The van der Waals surface area contributed by atoms with Gasteiger partial charge in [-0.25, -0.2) is 4.79 Å². The molecule has 6 rings (SSSR count). The maximum Gasteiger partial charge on any atom is 0.331 e. The number of aromatic hydroxyl groups is 2. The van der Waals surface area contributed by atoms with Crippen molar-refractivity contribution in [2.75, 3.05) is 0 Å². The molecule has 0 amide bonds. The Morgan fingerprint density at radius 3 is 2.20 bits per heavy atom. The van der Waals surface area contributed by atoms with Crippen molar-refractivity contribution in [2.24, 2.45) is 50.2 Å². The molecule has 240 valence electrons. The highest BCUT2D eigenvalue weighted by atomic mass is 16.5. The number of esters is 1. The van der Waals surface area contributed by atoms with Crippen LogP contribution in [0, 0.1) is 50.2 Å². The van der Waals surface area contributed by atoms with E-state index in [0.717, 1.165) is 25.7 Å². The van der Waals surface area contributed by atoms with Gasteiger partial charge in [0.2, 0.25) is 0 Å². The van der Waals surface area contributed by atoms with Crippen molar-refractivity contribution < 1.29 is 24.5 Å². The van der Waals surface area contributed by atoms with Crippen LogP contribution >= 0.6 is 0 Å². The molecular weight excluding hydrogens is 548 g/mol. The summed E-state index contributed by atoms with van der Waals surface area (Å²) < 4.78 is 6.12. The van der Waals surface area contributed by atoms with E-state index in [1.807, 2.05) is 0 Å². The molecule has 5 nitrogen and oxygen atoms in total. The largest absolute Gasteiger partial charge is 0.508 e. The van der Waals surface area contributed by atoms with E-state index in [4.69, 9.17) is 4.74 Å². The molecule has 8 atom stereocenters. The quantitative estimate of drug-likeness (QED) is 0.266. The first kappa shape index (κ1) is 31.4. The highest BCUT2D eigenvalue weighted by Gasteiger charge is 2.70. The Labute approximate surface area is 264 Å². The Morgan fingerprint density at radius 1 is 0.864 bits per heavy atom. The van der Waals surface area contributed by atoms with Gasteiger partial charge in [0.05, 0.1) is 0 Å². The van der Waals surface area contributed by atoms with Gasteiger partial charge in [-0.3, -0.25) is 4.79 Å². The molecule has 0 unspecified atom stereocenters. The summed E-state index contributed by atoms with van der Waals surface area (Å²) in [5, 5.41) is 19.5. The number of phenols is 2. The molecular formula is C39H54O5. The second kappa shape index (κ2) is 9.97. The zero-order chi connectivity index (χ0) is 32.1. The topological polar surface area (TPSA) is 83.8 Å². The summed E-state index contributed by atoms with van der Waals surface area (Å²) >= 11 is 0. The van der Waals surface area contributed by atoms with Crippen molar-refractivity contribution in [3.05, 3.63) is 41.5 Å². The lowest BCUT2D eigenvalue weighted by molar-refractivity contribution is -0.209. The van der Waals surface area contributed by atoms with Crippen LogP contribution in [0.15, 0.2) is 35.9 Å². The van der Waals surface area contributed by atoms with Crippen LogP contribution in [0.3, 0.4) is 0 Å². The number of ether oxygens (including phenoxy) is 1. The van der Waals surface area contributed by atoms with Crippen LogP contribution in [-0.4, -0.2) is 28.1 Å². The zero-order valence-electron chi connectivity index (χ0n) is 28.3. The summed E-state index contributed by atoms with van der Waals surface area (Å²) in [5.41, 5.74) is 2.09. The van der Waals surface area contributed by atoms with E-state index in [1.54, 1.807) is 6.08 Å². The molecule has 0 aliphatic heterocycles. The molecule has 0 saturated heterocycles. The van der Waals surface area contributed by atoms with Gasteiger partial charge in [0.15, 0.2) is 5.78 Å². The van der Waals surface area contributed by atoms with E-state index in [0.29, 0.717) is 28.1 Å². The smallest absolute Gasteiger partial charge is 0.331 e. The fourth-order valence-electron chi connectivity index (χ4n) is 11.6. The van der Waals surface area contributed by atoms with Crippen LogP contribution in [0.1, 0.15) is 119 Å². The second-order valence-electron chi connectivity index (χ2n) is 17.8. The van der Waals surface area contributed by atoms with Gasteiger partial charge in [0, 0.05) is 23.5 Å². The lowest BCUT2D eigenvalue weighted by atomic mass is 9.33. The molecule has 44 heavy (non-hydrogen) atoms. The molecule has 5 aliphatic rings. The van der Waals surface area contributed by atoms with Crippen LogP contribution in [0.4, 0.5) is 0 Å². The minimum atomic E-state index is -0.426. The van der Waals surface area contributed by atoms with E-state index in [1.165, 1.54) is 62.0 Å². The highest BCUT2D eigenvalue weighted by Crippen LogP contribution is 2.75. The number of rotatable bonds is 3. The number of benzene rings is 1. The monoisotopic (exact) mass is 602 g/mol. The van der Waals surface area contributed by atoms with E-state index in [2.05, 4.69) is 61.5 Å². The number of phenolic OH excluding ortho intramolecular Hbond substituents is 2. The molecule has 5 heteroatoms. The number of carbonyl (C=O) groups excluding carboxylic acids is 2. The van der Waals surface area contributed by atoms with Crippen molar-refractivity contribution in [2.45, 2.75) is 119 Å². The molecule has 0 aromatic heterocycles. The van der Waals surface area contributed by atoms with Gasteiger partial charge in [0.25, 0.3) is 0 Å². The van der Waals surface area contributed by atoms with Gasteiger partial charge in [-0.05, 0) is 127 Å². The lowest BCUT2D eigenvalue weighted by Crippen LogP contribution is -2.66. The van der Waals surface area contributed by atoms with Crippen LogP contribution in [-0.2, 0) is 14.3 Å². The van der Waals surface area contributed by atoms with E-state index >= 15 is 0 Å². The normalized spacial score (nSPS) is 42.4. The van der Waals surface area contributed by atoms with Gasteiger partial charge in [0.1, 0.15) is 17.6 Å². The Balaban J connectivity index is 1.27. The summed E-state index contributed by atoms with van der Waals surface area (Å²) in [5.74, 6) is 0.517. The van der Waals surface area contributed by atoms with E-state index < -0.39 is 5.97 Å². The number of carbonyl (C=O) groups is 2. The van der Waals surface area contributed by atoms with Gasteiger partial charge in [-0.2, -0.15) is 0 Å².